The Morgan fingerprint density at radius 1 is 1.27 bits per heavy atom. The van der Waals surface area contributed by atoms with E-state index in [9.17, 15) is 19.5 Å². The van der Waals surface area contributed by atoms with Crippen molar-refractivity contribution in [1.29, 1.82) is 0 Å². The van der Waals surface area contributed by atoms with Crippen molar-refractivity contribution in [2.24, 2.45) is 23.7 Å². The van der Waals surface area contributed by atoms with Crippen molar-refractivity contribution in [1.82, 2.24) is 0 Å². The van der Waals surface area contributed by atoms with E-state index < -0.39 is 23.8 Å². The summed E-state index contributed by atoms with van der Waals surface area (Å²) in [5.41, 5.74) is 0.397. The van der Waals surface area contributed by atoms with E-state index in [2.05, 4.69) is 10.1 Å². The first-order chi connectivity index (χ1) is 10.5. The number of anilines is 1. The zero-order chi connectivity index (χ0) is 15.9. The number of carboxylic acid groups (broad SMARTS) is 1. The van der Waals surface area contributed by atoms with Crippen molar-refractivity contribution in [3.05, 3.63) is 16.3 Å². The topological polar surface area (TPSA) is 92.7 Å². The van der Waals surface area contributed by atoms with E-state index >= 15 is 0 Å². The number of esters is 1. The number of carbonyl (C=O) groups is 3. The molecule has 0 radical (unpaired) electrons. The van der Waals surface area contributed by atoms with E-state index in [1.807, 2.05) is 0 Å². The highest BCUT2D eigenvalue weighted by Gasteiger charge is 2.54. The van der Waals surface area contributed by atoms with E-state index in [4.69, 9.17) is 0 Å². The lowest BCUT2D eigenvalue weighted by Gasteiger charge is -2.27. The third kappa shape index (κ3) is 2.39. The van der Waals surface area contributed by atoms with Crippen LogP contribution in [0.4, 0.5) is 5.69 Å². The van der Waals surface area contributed by atoms with Crippen LogP contribution >= 0.6 is 11.3 Å². The van der Waals surface area contributed by atoms with Gasteiger partial charge in [-0.2, -0.15) is 0 Å². The minimum absolute atomic E-state index is 0.0980. The molecule has 0 aliphatic heterocycles. The quantitative estimate of drug-likeness (QED) is 0.829. The Morgan fingerprint density at radius 3 is 2.59 bits per heavy atom. The van der Waals surface area contributed by atoms with E-state index in [0.717, 1.165) is 19.3 Å². The fraction of sp³-hybridized carbons (Fsp3) is 0.533. The Hall–Kier alpha value is -1.89. The highest BCUT2D eigenvalue weighted by molar-refractivity contribution is 7.12. The molecule has 2 bridgehead atoms. The summed E-state index contributed by atoms with van der Waals surface area (Å²) < 4.78 is 4.68. The fourth-order valence-corrected chi connectivity index (χ4v) is 4.66. The minimum Gasteiger partial charge on any atom is -0.481 e. The Labute approximate surface area is 131 Å². The van der Waals surface area contributed by atoms with Gasteiger partial charge >= 0.3 is 11.9 Å². The number of fused-ring (bicyclic) bond motifs is 2. The van der Waals surface area contributed by atoms with Crippen LogP contribution in [0.25, 0.3) is 0 Å². The van der Waals surface area contributed by atoms with Gasteiger partial charge in [0.05, 0.1) is 24.6 Å². The molecule has 4 atom stereocenters. The number of aliphatic carboxylic acids is 1. The fourth-order valence-electron chi connectivity index (χ4n) is 3.90. The van der Waals surface area contributed by atoms with Gasteiger partial charge in [-0.25, -0.2) is 4.79 Å². The van der Waals surface area contributed by atoms with E-state index in [-0.39, 0.29) is 17.7 Å². The Bertz CT molecular complexity index is 625. The summed E-state index contributed by atoms with van der Waals surface area (Å²) in [5.74, 6) is -2.60. The standard InChI is InChI=1S/C15H17NO5S/c1-21-15(20)12-9(4-5-22-12)16-13(17)10-7-2-3-8(6-7)11(10)14(18)19/h4-5,7-8,10-11H,2-3,6H2,1H3,(H,16,17)(H,18,19)/t7-,8-,10+,11-/m0/s1. The first-order valence-electron chi connectivity index (χ1n) is 7.22. The van der Waals surface area contributed by atoms with Crippen molar-refractivity contribution in [3.63, 3.8) is 0 Å². The zero-order valence-electron chi connectivity index (χ0n) is 12.1. The van der Waals surface area contributed by atoms with Gasteiger partial charge in [-0.15, -0.1) is 11.3 Å². The van der Waals surface area contributed by atoms with Crippen molar-refractivity contribution >= 4 is 34.9 Å². The molecule has 0 unspecified atom stereocenters. The molecule has 0 saturated heterocycles. The molecular weight excluding hydrogens is 306 g/mol. The van der Waals surface area contributed by atoms with Gasteiger partial charge in [0.25, 0.3) is 0 Å². The molecule has 118 valence electrons. The lowest BCUT2D eigenvalue weighted by Crippen LogP contribution is -2.38. The molecule has 2 fully saturated rings. The van der Waals surface area contributed by atoms with Crippen molar-refractivity contribution < 1.29 is 24.2 Å². The summed E-state index contributed by atoms with van der Waals surface area (Å²) >= 11 is 1.18. The van der Waals surface area contributed by atoms with Crippen molar-refractivity contribution in [2.45, 2.75) is 19.3 Å². The first-order valence-corrected chi connectivity index (χ1v) is 8.10. The molecule has 7 heteroatoms. The van der Waals surface area contributed by atoms with Crippen LogP contribution in [0.3, 0.4) is 0 Å². The summed E-state index contributed by atoms with van der Waals surface area (Å²) in [6.07, 6.45) is 2.60. The molecule has 2 aliphatic rings. The van der Waals surface area contributed by atoms with Gasteiger partial charge in [0.15, 0.2) is 0 Å². The van der Waals surface area contributed by atoms with Crippen LogP contribution in [0.2, 0.25) is 0 Å². The zero-order valence-corrected chi connectivity index (χ0v) is 12.9. The summed E-state index contributed by atoms with van der Waals surface area (Å²) in [6.45, 7) is 0. The smallest absolute Gasteiger partial charge is 0.350 e. The lowest BCUT2D eigenvalue weighted by molar-refractivity contribution is -0.148. The second-order valence-corrected chi connectivity index (χ2v) is 6.78. The number of carbonyl (C=O) groups excluding carboxylic acids is 2. The minimum atomic E-state index is -0.897. The molecule has 1 aromatic rings. The molecule has 1 amide bonds. The van der Waals surface area contributed by atoms with Gasteiger partial charge in [-0.3, -0.25) is 9.59 Å². The molecule has 1 heterocycles. The number of hydrogen-bond acceptors (Lipinski definition) is 5. The number of rotatable bonds is 4. The van der Waals surface area contributed by atoms with Crippen LogP contribution in [0, 0.1) is 23.7 Å². The van der Waals surface area contributed by atoms with Gasteiger partial charge in [0.1, 0.15) is 4.88 Å². The van der Waals surface area contributed by atoms with Crippen LogP contribution in [-0.2, 0) is 14.3 Å². The number of nitrogens with one attached hydrogen (secondary N) is 1. The molecule has 1 aromatic heterocycles. The molecule has 2 N–H and O–H groups in total. The third-order valence-electron chi connectivity index (χ3n) is 4.80. The summed E-state index contributed by atoms with van der Waals surface area (Å²) in [6, 6.07) is 1.64. The molecular formula is C15H17NO5S. The number of hydrogen-bond donors (Lipinski definition) is 2. The normalized spacial score (nSPS) is 29.3. The van der Waals surface area contributed by atoms with E-state index in [1.54, 1.807) is 11.4 Å². The van der Waals surface area contributed by atoms with Gasteiger partial charge in [0.2, 0.25) is 5.91 Å². The maximum Gasteiger partial charge on any atom is 0.350 e. The second kappa shape index (κ2) is 5.72. The molecule has 0 spiro atoms. The van der Waals surface area contributed by atoms with Gasteiger partial charge in [-0.05, 0) is 42.5 Å². The third-order valence-corrected chi connectivity index (χ3v) is 5.69. The van der Waals surface area contributed by atoms with Crippen LogP contribution in [0.15, 0.2) is 11.4 Å². The van der Waals surface area contributed by atoms with Crippen LogP contribution in [0.1, 0.15) is 28.9 Å². The highest BCUT2D eigenvalue weighted by Crippen LogP contribution is 2.52. The Balaban J connectivity index is 1.79. The average molecular weight is 323 g/mol. The SMILES string of the molecule is COC(=O)c1sccc1NC(=O)[C@@H]1[C@H]2CC[C@@H](C2)[C@@H]1C(=O)O. The average Bonchev–Trinajstić information content (AvgIpc) is 3.20. The van der Waals surface area contributed by atoms with Crippen LogP contribution in [-0.4, -0.2) is 30.1 Å². The number of ether oxygens (including phenoxy) is 1. The van der Waals surface area contributed by atoms with Crippen molar-refractivity contribution in [2.75, 3.05) is 12.4 Å². The van der Waals surface area contributed by atoms with Crippen molar-refractivity contribution in [3.8, 4) is 0 Å². The van der Waals surface area contributed by atoms with Crippen LogP contribution in [0.5, 0.6) is 0 Å². The summed E-state index contributed by atoms with van der Waals surface area (Å²) in [5, 5.41) is 13.8. The Morgan fingerprint density at radius 2 is 1.95 bits per heavy atom. The predicted octanol–water partition coefficient (Wildman–Crippen LogP) is 2.22. The Kier molecular flexibility index (Phi) is 3.90. The van der Waals surface area contributed by atoms with Gasteiger partial charge in [0, 0.05) is 0 Å². The monoisotopic (exact) mass is 323 g/mol. The maximum absolute atomic E-state index is 12.6. The lowest BCUT2D eigenvalue weighted by atomic mass is 9.78. The molecule has 6 nitrogen and oxygen atoms in total. The number of thiophene rings is 1. The summed E-state index contributed by atoms with van der Waals surface area (Å²) in [4.78, 5) is 36.0. The summed E-state index contributed by atoms with van der Waals surface area (Å²) in [7, 11) is 1.28. The second-order valence-electron chi connectivity index (χ2n) is 5.87. The number of carboxylic acids is 1. The number of methoxy groups -OCH3 is 1. The van der Waals surface area contributed by atoms with Crippen LogP contribution < -0.4 is 5.32 Å². The highest BCUT2D eigenvalue weighted by atomic mass is 32.1. The molecule has 22 heavy (non-hydrogen) atoms. The molecule has 2 saturated carbocycles. The number of amides is 1. The largest absolute Gasteiger partial charge is 0.481 e. The molecule has 0 aromatic carbocycles. The van der Waals surface area contributed by atoms with Gasteiger partial charge < -0.3 is 15.2 Å². The maximum atomic E-state index is 12.6. The predicted molar refractivity (Wildman–Crippen MR) is 79.7 cm³/mol. The molecule has 3 rings (SSSR count). The first kappa shape index (κ1) is 15.0. The van der Waals surface area contributed by atoms with E-state index in [1.165, 1.54) is 18.4 Å². The van der Waals surface area contributed by atoms with E-state index in [0.29, 0.717) is 10.6 Å². The van der Waals surface area contributed by atoms with Gasteiger partial charge in [-0.1, -0.05) is 0 Å². The molecule has 2 aliphatic carbocycles.